The molecule has 0 radical (unpaired) electrons. The molecule has 2 N–H and O–H groups in total. The molecule has 0 bridgehead atoms. The van der Waals surface area contributed by atoms with Crippen molar-refractivity contribution in [2.45, 2.75) is 13.1 Å². The van der Waals surface area contributed by atoms with E-state index in [0.29, 0.717) is 0 Å². The van der Waals surface area contributed by atoms with E-state index in [0.717, 1.165) is 4.31 Å². The van der Waals surface area contributed by atoms with Gasteiger partial charge in [-0.15, -0.1) is 0 Å². The van der Waals surface area contributed by atoms with E-state index < -0.39 is 34.8 Å². The average Bonchev–Trinajstić information content (AvgIpc) is 2.10. The quantitative estimate of drug-likeness (QED) is 0.748. The Balaban J connectivity index is 2.47. The normalized spacial score (nSPS) is 20.4. The lowest BCUT2D eigenvalue weighted by atomic mass is 9.89. The summed E-state index contributed by atoms with van der Waals surface area (Å²) in [4.78, 5) is 10.6. The average molecular weight is 290 g/mol. The topological polar surface area (TPSA) is 86.7 Å². The summed E-state index contributed by atoms with van der Waals surface area (Å²) in [6, 6.07) is 0. The van der Waals surface area contributed by atoms with Crippen molar-refractivity contribution in [1.82, 2.24) is 9.03 Å². The van der Waals surface area contributed by atoms with Crippen molar-refractivity contribution in [3.63, 3.8) is 0 Å². The molecule has 0 aromatic rings. The fourth-order valence-corrected chi connectivity index (χ4v) is 2.75. The largest absolute Gasteiger partial charge is 0.481 e. The molecule has 106 valence electrons. The van der Waals surface area contributed by atoms with Crippen molar-refractivity contribution in [3.05, 3.63) is 0 Å². The number of hydrogen-bond acceptors (Lipinski definition) is 3. The van der Waals surface area contributed by atoms with Gasteiger partial charge in [-0.1, -0.05) is 6.92 Å². The van der Waals surface area contributed by atoms with Crippen LogP contribution in [0.3, 0.4) is 0 Å². The van der Waals surface area contributed by atoms with Crippen LogP contribution in [0.25, 0.3) is 0 Å². The highest BCUT2D eigenvalue weighted by Gasteiger charge is 2.41. The fraction of sp³-hybridized carbons (Fsp3) is 0.875. The number of aliphatic carboxylic acids is 1. The monoisotopic (exact) mass is 290 g/mol. The second-order valence-electron chi connectivity index (χ2n) is 4.15. The molecule has 0 aromatic heterocycles. The molecule has 1 rings (SSSR count). The molecule has 0 saturated carbocycles. The predicted molar refractivity (Wildman–Crippen MR) is 54.8 cm³/mol. The Morgan fingerprint density at radius 2 is 2.00 bits per heavy atom. The van der Waals surface area contributed by atoms with Crippen LogP contribution in [0.1, 0.15) is 6.92 Å². The van der Waals surface area contributed by atoms with Crippen molar-refractivity contribution < 1.29 is 31.5 Å². The molecule has 0 aromatic carbocycles. The Kier molecular flexibility index (Phi) is 4.23. The van der Waals surface area contributed by atoms with Crippen LogP contribution in [0.5, 0.6) is 0 Å². The third kappa shape index (κ3) is 3.82. The maximum Gasteiger partial charge on any atom is 0.402 e. The van der Waals surface area contributed by atoms with Gasteiger partial charge >= 0.3 is 12.1 Å². The molecule has 0 amide bonds. The van der Waals surface area contributed by atoms with Gasteiger partial charge in [-0.3, -0.25) is 4.79 Å². The van der Waals surface area contributed by atoms with Gasteiger partial charge in [-0.25, -0.2) is 0 Å². The van der Waals surface area contributed by atoms with E-state index in [1.54, 1.807) is 0 Å². The number of halogens is 3. The first-order valence-corrected chi connectivity index (χ1v) is 6.51. The number of nitrogens with one attached hydrogen (secondary N) is 1. The van der Waals surface area contributed by atoms with Gasteiger partial charge in [-0.05, 0) is 5.92 Å². The highest BCUT2D eigenvalue weighted by atomic mass is 32.2. The van der Waals surface area contributed by atoms with Crippen LogP contribution in [0.2, 0.25) is 0 Å². The van der Waals surface area contributed by atoms with Gasteiger partial charge in [0, 0.05) is 13.1 Å². The molecular formula is C8H13F3N2O4S. The van der Waals surface area contributed by atoms with E-state index >= 15 is 0 Å². The molecule has 0 spiro atoms. The van der Waals surface area contributed by atoms with Gasteiger partial charge in [0.1, 0.15) is 6.54 Å². The van der Waals surface area contributed by atoms with E-state index in [9.17, 15) is 26.4 Å². The van der Waals surface area contributed by atoms with Crippen LogP contribution in [0.15, 0.2) is 0 Å². The van der Waals surface area contributed by atoms with Crippen LogP contribution >= 0.6 is 0 Å². The second kappa shape index (κ2) is 5.02. The van der Waals surface area contributed by atoms with Gasteiger partial charge in [0.15, 0.2) is 0 Å². The number of rotatable bonds is 5. The number of carboxylic acid groups (broad SMARTS) is 1. The number of alkyl halides is 3. The first-order chi connectivity index (χ1) is 8.03. The molecule has 1 aliphatic heterocycles. The van der Waals surface area contributed by atoms with Crippen molar-refractivity contribution in [3.8, 4) is 0 Å². The molecule has 18 heavy (non-hydrogen) atoms. The summed E-state index contributed by atoms with van der Waals surface area (Å²) in [6.07, 6.45) is -4.62. The van der Waals surface area contributed by atoms with Crippen LogP contribution in [-0.2, 0) is 15.0 Å². The SMILES string of the molecule is CC(C(=O)O)C1CN(S(=O)(=O)NCC(F)(F)F)C1. The second-order valence-corrected chi connectivity index (χ2v) is 5.90. The lowest BCUT2D eigenvalue weighted by Gasteiger charge is -2.39. The first kappa shape index (κ1) is 15.2. The first-order valence-electron chi connectivity index (χ1n) is 5.07. The van der Waals surface area contributed by atoms with Crippen LogP contribution < -0.4 is 4.72 Å². The summed E-state index contributed by atoms with van der Waals surface area (Å²) in [5.74, 6) is -2.15. The standard InChI is InChI=1S/C8H13F3N2O4S/c1-5(7(14)15)6-2-13(3-6)18(16,17)12-4-8(9,10)11/h5-6,12H,2-4H2,1H3,(H,14,15). The predicted octanol–water partition coefficient (Wildman–Crippen LogP) is 0.0356. The zero-order valence-electron chi connectivity index (χ0n) is 9.44. The number of carboxylic acids is 1. The zero-order chi connectivity index (χ0) is 14.1. The zero-order valence-corrected chi connectivity index (χ0v) is 10.3. The van der Waals surface area contributed by atoms with Crippen molar-refractivity contribution in [1.29, 1.82) is 0 Å². The molecule has 1 saturated heterocycles. The summed E-state index contributed by atoms with van der Waals surface area (Å²) in [5, 5.41) is 8.68. The molecule has 6 nitrogen and oxygen atoms in total. The van der Waals surface area contributed by atoms with Crippen LogP contribution in [0, 0.1) is 11.8 Å². The van der Waals surface area contributed by atoms with E-state index in [1.165, 1.54) is 11.6 Å². The fourth-order valence-electron chi connectivity index (χ4n) is 1.45. The highest BCUT2D eigenvalue weighted by molar-refractivity contribution is 7.87. The maximum absolute atomic E-state index is 11.9. The molecular weight excluding hydrogens is 277 g/mol. The van der Waals surface area contributed by atoms with Crippen molar-refractivity contribution in [2.75, 3.05) is 19.6 Å². The van der Waals surface area contributed by atoms with Crippen LogP contribution in [0.4, 0.5) is 13.2 Å². The lowest BCUT2D eigenvalue weighted by Crippen LogP contribution is -2.57. The number of nitrogens with zero attached hydrogens (tertiary/aromatic N) is 1. The molecule has 1 heterocycles. The minimum absolute atomic E-state index is 0.0827. The van der Waals surface area contributed by atoms with E-state index in [2.05, 4.69) is 0 Å². The minimum Gasteiger partial charge on any atom is -0.481 e. The number of hydrogen-bond donors (Lipinski definition) is 2. The minimum atomic E-state index is -4.62. The highest BCUT2D eigenvalue weighted by Crippen LogP contribution is 2.26. The van der Waals surface area contributed by atoms with Gasteiger partial charge in [0.25, 0.3) is 10.2 Å². The Labute approximate surface area is 102 Å². The summed E-state index contributed by atoms with van der Waals surface area (Å²) < 4.78 is 60.5. The summed E-state index contributed by atoms with van der Waals surface area (Å²) in [5.41, 5.74) is 0. The summed E-state index contributed by atoms with van der Waals surface area (Å²) in [7, 11) is -4.18. The Morgan fingerprint density at radius 3 is 2.39 bits per heavy atom. The van der Waals surface area contributed by atoms with Crippen molar-refractivity contribution in [2.24, 2.45) is 11.8 Å². The van der Waals surface area contributed by atoms with Crippen molar-refractivity contribution >= 4 is 16.2 Å². The Bertz CT molecular complexity index is 417. The molecule has 10 heteroatoms. The molecule has 1 fully saturated rings. The van der Waals surface area contributed by atoms with Gasteiger partial charge in [0.2, 0.25) is 0 Å². The summed E-state index contributed by atoms with van der Waals surface area (Å²) in [6.45, 7) is -0.369. The third-order valence-electron chi connectivity index (χ3n) is 2.77. The molecule has 1 unspecified atom stereocenters. The molecule has 1 aliphatic rings. The lowest BCUT2D eigenvalue weighted by molar-refractivity contribution is -0.144. The Hall–Kier alpha value is -0.870. The van der Waals surface area contributed by atoms with E-state index in [4.69, 9.17) is 5.11 Å². The number of carbonyl (C=O) groups is 1. The third-order valence-corrected chi connectivity index (χ3v) is 4.25. The summed E-state index contributed by atoms with van der Waals surface area (Å²) >= 11 is 0. The molecule has 0 aliphatic carbocycles. The van der Waals surface area contributed by atoms with E-state index in [1.807, 2.05) is 0 Å². The molecule has 1 atom stereocenters. The maximum atomic E-state index is 11.9. The van der Waals surface area contributed by atoms with Gasteiger partial charge in [0.05, 0.1) is 5.92 Å². The van der Waals surface area contributed by atoms with Gasteiger partial charge < -0.3 is 5.11 Å². The smallest absolute Gasteiger partial charge is 0.402 e. The van der Waals surface area contributed by atoms with Gasteiger partial charge in [-0.2, -0.15) is 30.6 Å². The van der Waals surface area contributed by atoms with E-state index in [-0.39, 0.29) is 19.0 Å². The van der Waals surface area contributed by atoms with Crippen LogP contribution in [-0.4, -0.2) is 49.6 Å². The Morgan fingerprint density at radius 1 is 1.50 bits per heavy atom.